The molecule has 3 nitrogen and oxygen atoms in total. The van der Waals surface area contributed by atoms with Crippen molar-refractivity contribution in [3.8, 4) is 0 Å². The van der Waals surface area contributed by atoms with Crippen molar-refractivity contribution in [2.75, 3.05) is 0 Å². The summed E-state index contributed by atoms with van der Waals surface area (Å²) in [5.41, 5.74) is 2.32. The van der Waals surface area contributed by atoms with Gasteiger partial charge in [0.05, 0.1) is 5.41 Å². The molecule has 0 aliphatic rings. The maximum absolute atomic E-state index is 11.5. The lowest BCUT2D eigenvalue weighted by Crippen LogP contribution is -2.28. The maximum Gasteiger partial charge on any atom is 0.313 e. The molecule has 20 heavy (non-hydrogen) atoms. The van der Waals surface area contributed by atoms with Crippen LogP contribution in [0, 0.1) is 0 Å². The van der Waals surface area contributed by atoms with Gasteiger partial charge >= 0.3 is 5.97 Å². The first-order valence-corrected chi connectivity index (χ1v) is 6.88. The van der Waals surface area contributed by atoms with Crippen LogP contribution in [0.5, 0.6) is 0 Å². The van der Waals surface area contributed by atoms with Gasteiger partial charge in [-0.25, -0.2) is 0 Å². The summed E-state index contributed by atoms with van der Waals surface area (Å²) >= 11 is 0. The van der Waals surface area contributed by atoms with E-state index in [1.54, 1.807) is 13.8 Å². The zero-order valence-corrected chi connectivity index (χ0v) is 13.1. The number of hydrogen-bond donors (Lipinski definition) is 1. The molecule has 0 amide bonds. The molecule has 2 aromatic rings. The molecule has 0 saturated heterocycles. The first-order valence-electron chi connectivity index (χ1n) is 6.88. The van der Waals surface area contributed by atoms with Crippen molar-refractivity contribution in [1.82, 2.24) is 4.57 Å². The van der Waals surface area contributed by atoms with Crippen LogP contribution in [0.4, 0.5) is 0 Å². The van der Waals surface area contributed by atoms with Crippen molar-refractivity contribution in [2.45, 2.75) is 45.4 Å². The van der Waals surface area contributed by atoms with E-state index in [4.69, 9.17) is 0 Å². The van der Waals surface area contributed by atoms with Crippen molar-refractivity contribution in [3.63, 3.8) is 0 Å². The Hall–Kier alpha value is -1.77. The minimum atomic E-state index is -0.893. The number of carboxylic acids is 1. The molecule has 3 heteroatoms. The molecule has 0 spiro atoms. The minimum absolute atomic E-state index is 0.0503. The molecule has 1 aromatic heterocycles. The average molecular weight is 273 g/mol. The van der Waals surface area contributed by atoms with Crippen LogP contribution in [-0.2, 0) is 22.7 Å². The highest BCUT2D eigenvalue weighted by Crippen LogP contribution is 2.34. The van der Waals surface area contributed by atoms with E-state index >= 15 is 0 Å². The van der Waals surface area contributed by atoms with Gasteiger partial charge in [0, 0.05) is 24.1 Å². The molecule has 108 valence electrons. The lowest BCUT2D eigenvalue weighted by atomic mass is 9.82. The summed E-state index contributed by atoms with van der Waals surface area (Å²) in [7, 11) is 1.96. The molecule has 1 heterocycles. The zero-order valence-electron chi connectivity index (χ0n) is 13.1. The molecule has 0 saturated carbocycles. The van der Waals surface area contributed by atoms with Gasteiger partial charge in [0.1, 0.15) is 0 Å². The molecule has 0 fully saturated rings. The van der Waals surface area contributed by atoms with Crippen LogP contribution < -0.4 is 0 Å². The van der Waals surface area contributed by atoms with Gasteiger partial charge in [-0.2, -0.15) is 0 Å². The van der Waals surface area contributed by atoms with Crippen LogP contribution in [0.25, 0.3) is 10.9 Å². The number of benzene rings is 1. The maximum atomic E-state index is 11.5. The molecule has 0 bridgehead atoms. The molecular formula is C17H23NO2. The van der Waals surface area contributed by atoms with E-state index in [0.29, 0.717) is 0 Å². The van der Waals surface area contributed by atoms with E-state index < -0.39 is 11.4 Å². The van der Waals surface area contributed by atoms with Gasteiger partial charge in [0.2, 0.25) is 0 Å². The summed E-state index contributed by atoms with van der Waals surface area (Å²) in [6.45, 7) is 10.0. The van der Waals surface area contributed by atoms with E-state index in [0.717, 1.165) is 16.5 Å². The third-order valence-corrected chi connectivity index (χ3v) is 4.06. The van der Waals surface area contributed by atoms with Gasteiger partial charge in [-0.3, -0.25) is 4.79 Å². The van der Waals surface area contributed by atoms with Crippen molar-refractivity contribution < 1.29 is 9.90 Å². The van der Waals surface area contributed by atoms with Gasteiger partial charge in [-0.15, -0.1) is 0 Å². The highest BCUT2D eigenvalue weighted by atomic mass is 16.4. The first-order chi connectivity index (χ1) is 9.05. The Morgan fingerprint density at radius 2 is 1.75 bits per heavy atom. The van der Waals surface area contributed by atoms with Crippen LogP contribution in [0.15, 0.2) is 24.4 Å². The first kappa shape index (κ1) is 14.6. The number of hydrogen-bond acceptors (Lipinski definition) is 1. The molecule has 0 aliphatic carbocycles. The highest BCUT2D eigenvalue weighted by Gasteiger charge is 2.32. The topological polar surface area (TPSA) is 42.2 Å². The summed E-state index contributed by atoms with van der Waals surface area (Å²) in [5, 5.41) is 10.5. The standard InChI is InChI=1S/C17H23NO2/c1-16(2,3)11-7-8-14-12(9-11)13(10-18(14)6)17(4,5)15(19)20/h7-10H,1-6H3,(H,19,20). The van der Waals surface area contributed by atoms with Gasteiger partial charge in [-0.05, 0) is 42.5 Å². The molecule has 0 unspecified atom stereocenters. The van der Waals surface area contributed by atoms with E-state index in [1.807, 2.05) is 17.8 Å². The van der Waals surface area contributed by atoms with Crippen LogP contribution >= 0.6 is 0 Å². The van der Waals surface area contributed by atoms with E-state index in [2.05, 4.69) is 39.0 Å². The number of nitrogens with zero attached hydrogens (tertiary/aromatic N) is 1. The summed E-state index contributed by atoms with van der Waals surface area (Å²) in [5.74, 6) is -0.800. The van der Waals surface area contributed by atoms with Crippen LogP contribution in [-0.4, -0.2) is 15.6 Å². The molecule has 2 rings (SSSR count). The number of carboxylic acid groups (broad SMARTS) is 1. The second-order valence-electron chi connectivity index (χ2n) is 7.07. The minimum Gasteiger partial charge on any atom is -0.481 e. The Morgan fingerprint density at radius 3 is 2.25 bits per heavy atom. The SMILES string of the molecule is Cn1cc(C(C)(C)C(=O)O)c2cc(C(C)(C)C)ccc21. The number of aliphatic carboxylic acids is 1. The predicted molar refractivity (Wildman–Crippen MR) is 82.3 cm³/mol. The van der Waals surface area contributed by atoms with Crippen molar-refractivity contribution >= 4 is 16.9 Å². The van der Waals surface area contributed by atoms with Gasteiger partial charge in [0.25, 0.3) is 0 Å². The normalized spacial score (nSPS) is 12.9. The van der Waals surface area contributed by atoms with E-state index in [-0.39, 0.29) is 5.41 Å². The largest absolute Gasteiger partial charge is 0.481 e. The van der Waals surface area contributed by atoms with Gasteiger partial charge in [-0.1, -0.05) is 26.8 Å². The molecular weight excluding hydrogens is 250 g/mol. The molecule has 0 radical (unpaired) electrons. The van der Waals surface area contributed by atoms with Crippen molar-refractivity contribution in [3.05, 3.63) is 35.5 Å². The Balaban J connectivity index is 2.77. The second kappa shape index (κ2) is 4.37. The number of aryl methyl sites for hydroxylation is 1. The summed E-state index contributed by atoms with van der Waals surface area (Å²) in [6.07, 6.45) is 1.94. The number of fused-ring (bicyclic) bond motifs is 1. The van der Waals surface area contributed by atoms with Crippen molar-refractivity contribution in [2.24, 2.45) is 7.05 Å². The predicted octanol–water partition coefficient (Wildman–Crippen LogP) is 3.84. The van der Waals surface area contributed by atoms with Crippen LogP contribution in [0.3, 0.4) is 0 Å². The zero-order chi connectivity index (χ0) is 15.3. The third-order valence-electron chi connectivity index (χ3n) is 4.06. The monoisotopic (exact) mass is 273 g/mol. The average Bonchev–Trinajstić information content (AvgIpc) is 2.66. The van der Waals surface area contributed by atoms with E-state index in [1.165, 1.54) is 5.56 Å². The fourth-order valence-electron chi connectivity index (χ4n) is 2.47. The molecule has 0 aliphatic heterocycles. The second-order valence-corrected chi connectivity index (χ2v) is 7.07. The molecule has 1 N–H and O–H groups in total. The Labute approximate surface area is 120 Å². The summed E-state index contributed by atoms with van der Waals surface area (Å²) in [6, 6.07) is 6.34. The van der Waals surface area contributed by atoms with Gasteiger partial charge < -0.3 is 9.67 Å². The molecule has 0 atom stereocenters. The molecule has 1 aromatic carbocycles. The Bertz CT molecular complexity index is 672. The highest BCUT2D eigenvalue weighted by molar-refractivity contribution is 5.92. The Kier molecular flexibility index (Phi) is 3.20. The lowest BCUT2D eigenvalue weighted by molar-refractivity contribution is -0.142. The summed E-state index contributed by atoms with van der Waals surface area (Å²) < 4.78 is 2.00. The lowest BCUT2D eigenvalue weighted by Gasteiger charge is -2.21. The van der Waals surface area contributed by atoms with Gasteiger partial charge in [0.15, 0.2) is 0 Å². The van der Waals surface area contributed by atoms with E-state index in [9.17, 15) is 9.90 Å². The summed E-state index contributed by atoms with van der Waals surface area (Å²) in [4.78, 5) is 11.5. The quantitative estimate of drug-likeness (QED) is 0.903. The third kappa shape index (κ3) is 2.21. The van der Waals surface area contributed by atoms with Crippen LogP contribution in [0.2, 0.25) is 0 Å². The number of rotatable bonds is 2. The Morgan fingerprint density at radius 1 is 1.15 bits per heavy atom. The number of aromatic nitrogens is 1. The fourth-order valence-corrected chi connectivity index (χ4v) is 2.47. The van der Waals surface area contributed by atoms with Crippen molar-refractivity contribution in [1.29, 1.82) is 0 Å². The smallest absolute Gasteiger partial charge is 0.313 e. The fraction of sp³-hybridized carbons (Fsp3) is 0.471. The number of carbonyl (C=O) groups is 1. The van der Waals surface area contributed by atoms with Crippen LogP contribution in [0.1, 0.15) is 45.7 Å².